The number of amidine groups is 1. The van der Waals surface area contributed by atoms with Crippen LogP contribution in [-0.2, 0) is 0 Å². The molecule has 0 atom stereocenters. The van der Waals surface area contributed by atoms with Crippen LogP contribution in [0.15, 0.2) is 23.6 Å². The highest BCUT2D eigenvalue weighted by molar-refractivity contribution is 5.96. The lowest BCUT2D eigenvalue weighted by Crippen LogP contribution is -2.13. The molecule has 2 rings (SSSR count). The molecular formula is C9H11N3O. The predicted molar refractivity (Wildman–Crippen MR) is 48.7 cm³/mol. The van der Waals surface area contributed by atoms with Crippen LogP contribution in [0.3, 0.4) is 0 Å². The second-order valence-corrected chi connectivity index (χ2v) is 3.27. The van der Waals surface area contributed by atoms with E-state index in [0.717, 1.165) is 0 Å². The van der Waals surface area contributed by atoms with E-state index >= 15 is 0 Å². The van der Waals surface area contributed by atoms with E-state index in [2.05, 4.69) is 10.1 Å². The molecule has 0 bridgehead atoms. The molecule has 0 saturated heterocycles. The van der Waals surface area contributed by atoms with Gasteiger partial charge < -0.3 is 10.9 Å². The van der Waals surface area contributed by atoms with Gasteiger partial charge in [-0.05, 0) is 30.4 Å². The summed E-state index contributed by atoms with van der Waals surface area (Å²) in [5, 5.41) is 11.4. The molecule has 1 aromatic rings. The van der Waals surface area contributed by atoms with Gasteiger partial charge in [0.2, 0.25) is 0 Å². The molecule has 68 valence electrons. The summed E-state index contributed by atoms with van der Waals surface area (Å²) in [6, 6.07) is 1.93. The van der Waals surface area contributed by atoms with E-state index in [0.29, 0.717) is 11.5 Å². The maximum absolute atomic E-state index is 8.47. The molecule has 0 aliphatic heterocycles. The van der Waals surface area contributed by atoms with Gasteiger partial charge in [0.15, 0.2) is 5.84 Å². The number of oxime groups is 1. The molecule has 0 spiro atoms. The van der Waals surface area contributed by atoms with Crippen LogP contribution >= 0.6 is 0 Å². The van der Waals surface area contributed by atoms with Crippen molar-refractivity contribution in [2.45, 2.75) is 18.8 Å². The summed E-state index contributed by atoms with van der Waals surface area (Å²) in [7, 11) is 0. The Kier molecular flexibility index (Phi) is 1.88. The van der Waals surface area contributed by atoms with Crippen LogP contribution in [0.1, 0.15) is 29.9 Å². The number of nitrogens with zero attached hydrogens (tertiary/aromatic N) is 2. The Hall–Kier alpha value is -1.58. The largest absolute Gasteiger partial charge is 0.409 e. The van der Waals surface area contributed by atoms with Crippen molar-refractivity contribution in [3.63, 3.8) is 0 Å². The first-order valence-electron chi connectivity index (χ1n) is 4.24. The van der Waals surface area contributed by atoms with Crippen LogP contribution in [0.2, 0.25) is 0 Å². The van der Waals surface area contributed by atoms with Crippen molar-refractivity contribution in [3.05, 3.63) is 29.6 Å². The fraction of sp³-hybridized carbons (Fsp3) is 0.333. The third kappa shape index (κ3) is 1.61. The first-order chi connectivity index (χ1) is 6.31. The van der Waals surface area contributed by atoms with Gasteiger partial charge >= 0.3 is 0 Å². The highest BCUT2D eigenvalue weighted by Gasteiger charge is 2.24. The molecule has 1 fully saturated rings. The summed E-state index contributed by atoms with van der Waals surface area (Å²) in [6.07, 6.45) is 5.88. The minimum absolute atomic E-state index is 0.120. The van der Waals surface area contributed by atoms with E-state index in [4.69, 9.17) is 10.9 Å². The van der Waals surface area contributed by atoms with Gasteiger partial charge in [0.25, 0.3) is 0 Å². The smallest absolute Gasteiger partial charge is 0.171 e. The third-order valence-electron chi connectivity index (χ3n) is 2.21. The van der Waals surface area contributed by atoms with Crippen molar-refractivity contribution >= 4 is 5.84 Å². The number of hydrogen-bond acceptors (Lipinski definition) is 3. The van der Waals surface area contributed by atoms with Gasteiger partial charge in [-0.2, -0.15) is 0 Å². The van der Waals surface area contributed by atoms with Crippen molar-refractivity contribution in [2.75, 3.05) is 0 Å². The van der Waals surface area contributed by atoms with Gasteiger partial charge in [-0.1, -0.05) is 5.16 Å². The summed E-state index contributed by atoms with van der Waals surface area (Å²) in [5.41, 5.74) is 7.32. The zero-order valence-corrected chi connectivity index (χ0v) is 7.14. The van der Waals surface area contributed by atoms with E-state index in [-0.39, 0.29) is 5.84 Å². The second kappa shape index (κ2) is 3.05. The Morgan fingerprint density at radius 3 is 2.92 bits per heavy atom. The fourth-order valence-corrected chi connectivity index (χ4v) is 1.30. The number of nitrogens with two attached hydrogens (primary N) is 1. The zero-order chi connectivity index (χ0) is 9.26. The molecule has 4 nitrogen and oxygen atoms in total. The number of rotatable bonds is 2. The van der Waals surface area contributed by atoms with Crippen LogP contribution in [0.25, 0.3) is 0 Å². The summed E-state index contributed by atoms with van der Waals surface area (Å²) in [5.74, 6) is 0.758. The van der Waals surface area contributed by atoms with Crippen molar-refractivity contribution in [1.29, 1.82) is 0 Å². The maximum atomic E-state index is 8.47. The van der Waals surface area contributed by atoms with E-state index in [1.807, 2.05) is 12.3 Å². The molecule has 3 N–H and O–H groups in total. The molecule has 1 saturated carbocycles. The molecule has 1 aliphatic rings. The van der Waals surface area contributed by atoms with Crippen molar-refractivity contribution in [2.24, 2.45) is 10.9 Å². The zero-order valence-electron chi connectivity index (χ0n) is 7.14. The Labute approximate surface area is 76.1 Å². The average Bonchev–Trinajstić information content (AvgIpc) is 3.00. The van der Waals surface area contributed by atoms with Crippen LogP contribution in [0, 0.1) is 0 Å². The number of pyridine rings is 1. The number of aromatic nitrogens is 1. The van der Waals surface area contributed by atoms with Crippen molar-refractivity contribution < 1.29 is 5.21 Å². The lowest BCUT2D eigenvalue weighted by Gasteiger charge is -2.00. The van der Waals surface area contributed by atoms with Gasteiger partial charge in [-0.15, -0.1) is 0 Å². The molecule has 0 aromatic carbocycles. The first kappa shape index (κ1) is 8.04. The molecule has 4 heteroatoms. The normalized spacial score (nSPS) is 17.4. The predicted octanol–water partition coefficient (Wildman–Crippen LogP) is 1.05. The van der Waals surface area contributed by atoms with Crippen molar-refractivity contribution in [1.82, 2.24) is 4.98 Å². The average molecular weight is 177 g/mol. The Morgan fingerprint density at radius 2 is 2.31 bits per heavy atom. The van der Waals surface area contributed by atoms with Crippen LogP contribution in [0.5, 0.6) is 0 Å². The van der Waals surface area contributed by atoms with Gasteiger partial charge in [0.05, 0.1) is 0 Å². The summed E-state index contributed by atoms with van der Waals surface area (Å²) in [4.78, 5) is 4.04. The SMILES string of the molecule is N/C(=N\O)c1cncc(C2CC2)c1. The van der Waals surface area contributed by atoms with Crippen LogP contribution < -0.4 is 5.73 Å². The monoisotopic (exact) mass is 177 g/mol. The molecule has 13 heavy (non-hydrogen) atoms. The molecule has 0 unspecified atom stereocenters. The van der Waals surface area contributed by atoms with E-state index in [9.17, 15) is 0 Å². The maximum Gasteiger partial charge on any atom is 0.171 e. The minimum Gasteiger partial charge on any atom is -0.409 e. The van der Waals surface area contributed by atoms with Gasteiger partial charge in [-0.25, -0.2) is 0 Å². The molecular weight excluding hydrogens is 166 g/mol. The van der Waals surface area contributed by atoms with E-state index < -0.39 is 0 Å². The quantitative estimate of drug-likeness (QED) is 0.307. The van der Waals surface area contributed by atoms with E-state index in [1.54, 1.807) is 6.20 Å². The molecule has 0 radical (unpaired) electrons. The van der Waals surface area contributed by atoms with Crippen molar-refractivity contribution in [3.8, 4) is 0 Å². The minimum atomic E-state index is 0.120. The first-order valence-corrected chi connectivity index (χ1v) is 4.24. The highest BCUT2D eigenvalue weighted by Crippen LogP contribution is 2.39. The van der Waals surface area contributed by atoms with Crippen LogP contribution in [0.4, 0.5) is 0 Å². The summed E-state index contributed by atoms with van der Waals surface area (Å²) in [6.45, 7) is 0. The third-order valence-corrected chi connectivity index (χ3v) is 2.21. The van der Waals surface area contributed by atoms with Gasteiger partial charge in [-0.3, -0.25) is 4.98 Å². The summed E-state index contributed by atoms with van der Waals surface area (Å²) < 4.78 is 0. The Morgan fingerprint density at radius 1 is 1.54 bits per heavy atom. The van der Waals surface area contributed by atoms with Gasteiger partial charge in [0, 0.05) is 18.0 Å². The van der Waals surface area contributed by atoms with Gasteiger partial charge in [0.1, 0.15) is 0 Å². The standard InChI is InChI=1S/C9H11N3O/c10-9(12-13)8-3-7(4-11-5-8)6-1-2-6/h3-6,13H,1-2H2,(H2,10,12). The Balaban J connectivity index is 2.31. The molecule has 1 heterocycles. The number of hydrogen-bond donors (Lipinski definition) is 2. The highest BCUT2D eigenvalue weighted by atomic mass is 16.4. The Bertz CT molecular complexity index is 344. The topological polar surface area (TPSA) is 71.5 Å². The second-order valence-electron chi connectivity index (χ2n) is 3.27. The lowest BCUT2D eigenvalue weighted by molar-refractivity contribution is 0.318. The summed E-state index contributed by atoms with van der Waals surface area (Å²) >= 11 is 0. The molecule has 1 aromatic heterocycles. The van der Waals surface area contributed by atoms with E-state index in [1.165, 1.54) is 18.4 Å². The fourth-order valence-electron chi connectivity index (χ4n) is 1.30. The molecule has 1 aliphatic carbocycles. The molecule has 0 amide bonds. The van der Waals surface area contributed by atoms with Crippen LogP contribution in [-0.4, -0.2) is 16.0 Å². The lowest BCUT2D eigenvalue weighted by atomic mass is 10.1.